The molecule has 1 aromatic carbocycles. The third kappa shape index (κ3) is 2.16. The Morgan fingerprint density at radius 3 is 2.65 bits per heavy atom. The Morgan fingerprint density at radius 1 is 1.29 bits per heavy atom. The van der Waals surface area contributed by atoms with Gasteiger partial charge in [0.15, 0.2) is 0 Å². The van der Waals surface area contributed by atoms with Crippen molar-refractivity contribution < 1.29 is 0 Å². The van der Waals surface area contributed by atoms with Crippen LogP contribution in [0.15, 0.2) is 24.3 Å². The average molecular weight is 227 g/mol. The Labute approximate surface area is 102 Å². The molecule has 0 aliphatic heterocycles. The van der Waals surface area contributed by atoms with Gasteiger partial charge in [0.2, 0.25) is 0 Å². The van der Waals surface area contributed by atoms with Crippen LogP contribution in [0, 0.1) is 17.2 Å². The van der Waals surface area contributed by atoms with Crippen LogP contribution in [0.25, 0.3) is 11.0 Å². The molecule has 0 N–H and O–H groups in total. The van der Waals surface area contributed by atoms with Crippen molar-refractivity contribution >= 4 is 11.0 Å². The number of imidazole rings is 1. The molecular formula is C14H17N3. The summed E-state index contributed by atoms with van der Waals surface area (Å²) < 4.78 is 2.17. The molecule has 3 nitrogen and oxygen atoms in total. The number of hydrogen-bond donors (Lipinski definition) is 0. The minimum Gasteiger partial charge on any atom is -0.326 e. The zero-order valence-corrected chi connectivity index (χ0v) is 10.5. The summed E-state index contributed by atoms with van der Waals surface area (Å²) in [4.78, 5) is 4.65. The van der Waals surface area contributed by atoms with Gasteiger partial charge >= 0.3 is 0 Å². The van der Waals surface area contributed by atoms with Gasteiger partial charge < -0.3 is 4.57 Å². The van der Waals surface area contributed by atoms with Gasteiger partial charge in [-0.25, -0.2) is 4.98 Å². The largest absolute Gasteiger partial charge is 0.326 e. The van der Waals surface area contributed by atoms with Crippen LogP contribution >= 0.6 is 0 Å². The fourth-order valence-corrected chi connectivity index (χ4v) is 2.04. The molecule has 0 spiro atoms. The van der Waals surface area contributed by atoms with Crippen LogP contribution in [0.1, 0.15) is 32.5 Å². The minimum absolute atomic E-state index is 0.00473. The van der Waals surface area contributed by atoms with E-state index in [1.54, 1.807) is 0 Å². The quantitative estimate of drug-likeness (QED) is 0.807. The van der Waals surface area contributed by atoms with Gasteiger partial charge in [0.25, 0.3) is 0 Å². The molecule has 0 radical (unpaired) electrons. The maximum Gasteiger partial charge on any atom is 0.112 e. The third-order valence-corrected chi connectivity index (χ3v) is 2.88. The van der Waals surface area contributed by atoms with Gasteiger partial charge in [0, 0.05) is 12.5 Å². The Kier molecular flexibility index (Phi) is 3.14. The summed E-state index contributed by atoms with van der Waals surface area (Å²) in [6.45, 7) is 6.92. The van der Waals surface area contributed by atoms with E-state index in [2.05, 4.69) is 35.5 Å². The van der Waals surface area contributed by atoms with E-state index in [1.807, 2.05) is 25.1 Å². The number of para-hydroxylation sites is 2. The predicted octanol–water partition coefficient (Wildman–Crippen LogP) is 3.32. The first kappa shape index (κ1) is 11.7. The van der Waals surface area contributed by atoms with Gasteiger partial charge in [0.1, 0.15) is 5.82 Å². The molecule has 0 aliphatic rings. The van der Waals surface area contributed by atoms with Crippen molar-refractivity contribution in [3.63, 3.8) is 0 Å². The van der Waals surface area contributed by atoms with Crippen LogP contribution in [-0.2, 0) is 6.54 Å². The molecule has 3 heteroatoms. The number of nitriles is 1. The lowest BCUT2D eigenvalue weighted by Crippen LogP contribution is -2.10. The normalized spacial score (nSPS) is 12.9. The molecule has 1 aromatic heterocycles. The van der Waals surface area contributed by atoms with Crippen LogP contribution in [-0.4, -0.2) is 9.55 Å². The fraction of sp³-hybridized carbons (Fsp3) is 0.429. The van der Waals surface area contributed by atoms with E-state index in [1.165, 1.54) is 0 Å². The van der Waals surface area contributed by atoms with E-state index in [4.69, 9.17) is 5.26 Å². The highest BCUT2D eigenvalue weighted by Crippen LogP contribution is 2.22. The molecule has 0 saturated carbocycles. The van der Waals surface area contributed by atoms with Crippen molar-refractivity contribution in [3.05, 3.63) is 30.1 Å². The molecule has 1 heterocycles. The molecule has 2 aromatic rings. The lowest BCUT2D eigenvalue weighted by atomic mass is 10.1. The van der Waals surface area contributed by atoms with E-state index < -0.39 is 0 Å². The fourth-order valence-electron chi connectivity index (χ4n) is 2.04. The highest BCUT2D eigenvalue weighted by molar-refractivity contribution is 5.76. The molecule has 17 heavy (non-hydrogen) atoms. The summed E-state index contributed by atoms with van der Waals surface area (Å²) in [5.41, 5.74) is 2.14. The van der Waals surface area contributed by atoms with Crippen LogP contribution in [0.2, 0.25) is 0 Å². The molecular weight excluding hydrogens is 210 g/mol. The van der Waals surface area contributed by atoms with E-state index in [0.29, 0.717) is 12.5 Å². The van der Waals surface area contributed by atoms with E-state index in [-0.39, 0.29) is 5.92 Å². The summed E-state index contributed by atoms with van der Waals surface area (Å²) in [5, 5.41) is 8.95. The number of fused-ring (bicyclic) bond motifs is 1. The second kappa shape index (κ2) is 4.58. The summed E-state index contributed by atoms with van der Waals surface area (Å²) in [7, 11) is 0. The molecule has 0 fully saturated rings. The highest BCUT2D eigenvalue weighted by atomic mass is 15.1. The lowest BCUT2D eigenvalue weighted by Gasteiger charge is -2.12. The van der Waals surface area contributed by atoms with Gasteiger partial charge in [-0.2, -0.15) is 5.26 Å². The average Bonchev–Trinajstić information content (AvgIpc) is 2.68. The second-order valence-electron chi connectivity index (χ2n) is 4.75. The number of benzene rings is 1. The van der Waals surface area contributed by atoms with Crippen molar-refractivity contribution in [2.75, 3.05) is 0 Å². The maximum atomic E-state index is 8.95. The first-order valence-corrected chi connectivity index (χ1v) is 5.98. The van der Waals surface area contributed by atoms with Gasteiger partial charge in [-0.1, -0.05) is 26.0 Å². The van der Waals surface area contributed by atoms with Crippen LogP contribution in [0.5, 0.6) is 0 Å². The Morgan fingerprint density at radius 2 is 2.00 bits per heavy atom. The zero-order chi connectivity index (χ0) is 12.4. The van der Waals surface area contributed by atoms with E-state index >= 15 is 0 Å². The Bertz CT molecular complexity index is 560. The smallest absolute Gasteiger partial charge is 0.112 e. The molecule has 88 valence electrons. The molecule has 0 bridgehead atoms. The van der Waals surface area contributed by atoms with Gasteiger partial charge in [-0.15, -0.1) is 0 Å². The predicted molar refractivity (Wildman–Crippen MR) is 68.6 cm³/mol. The highest BCUT2D eigenvalue weighted by Gasteiger charge is 2.14. The summed E-state index contributed by atoms with van der Waals surface area (Å²) >= 11 is 0. The van der Waals surface area contributed by atoms with Crippen LogP contribution in [0.3, 0.4) is 0 Å². The number of hydrogen-bond acceptors (Lipinski definition) is 2. The van der Waals surface area contributed by atoms with Gasteiger partial charge in [0.05, 0.1) is 23.0 Å². The topological polar surface area (TPSA) is 41.6 Å². The molecule has 0 aliphatic carbocycles. The number of aromatic nitrogens is 2. The SMILES string of the molecule is CC(C#N)Cn1c(C(C)C)nc2ccccc21. The lowest BCUT2D eigenvalue weighted by molar-refractivity contribution is 0.555. The van der Waals surface area contributed by atoms with Crippen molar-refractivity contribution in [1.29, 1.82) is 5.26 Å². The number of nitrogens with zero attached hydrogens (tertiary/aromatic N) is 3. The van der Waals surface area contributed by atoms with E-state index in [0.717, 1.165) is 16.9 Å². The molecule has 0 saturated heterocycles. The second-order valence-corrected chi connectivity index (χ2v) is 4.75. The van der Waals surface area contributed by atoms with Gasteiger partial charge in [-0.05, 0) is 19.1 Å². The minimum atomic E-state index is 0.00473. The van der Waals surface area contributed by atoms with Crippen molar-refractivity contribution in [1.82, 2.24) is 9.55 Å². The van der Waals surface area contributed by atoms with Crippen LogP contribution in [0.4, 0.5) is 0 Å². The number of rotatable bonds is 3. The van der Waals surface area contributed by atoms with Crippen molar-refractivity contribution in [3.8, 4) is 6.07 Å². The molecule has 2 rings (SSSR count). The summed E-state index contributed by atoms with van der Waals surface area (Å²) in [6, 6.07) is 10.4. The third-order valence-electron chi connectivity index (χ3n) is 2.88. The molecule has 1 atom stereocenters. The van der Waals surface area contributed by atoms with Crippen molar-refractivity contribution in [2.24, 2.45) is 5.92 Å². The monoisotopic (exact) mass is 227 g/mol. The summed E-state index contributed by atoms with van der Waals surface area (Å²) in [5.74, 6) is 1.44. The molecule has 1 unspecified atom stereocenters. The van der Waals surface area contributed by atoms with Gasteiger partial charge in [-0.3, -0.25) is 0 Å². The Balaban J connectivity index is 2.56. The van der Waals surface area contributed by atoms with E-state index in [9.17, 15) is 0 Å². The molecule has 0 amide bonds. The Hall–Kier alpha value is -1.82. The maximum absolute atomic E-state index is 8.95. The summed E-state index contributed by atoms with van der Waals surface area (Å²) in [6.07, 6.45) is 0. The van der Waals surface area contributed by atoms with Crippen LogP contribution < -0.4 is 0 Å². The zero-order valence-electron chi connectivity index (χ0n) is 10.5. The first-order valence-electron chi connectivity index (χ1n) is 5.98. The van der Waals surface area contributed by atoms with Crippen molar-refractivity contribution in [2.45, 2.75) is 33.2 Å². The standard InChI is InChI=1S/C14H17N3/c1-10(2)14-16-12-6-4-5-7-13(12)17(14)9-11(3)8-15/h4-7,10-11H,9H2,1-3H3. The first-order chi connectivity index (χ1) is 8.13.